The average molecular weight is 688 g/mol. The molecule has 0 fully saturated rings. The summed E-state index contributed by atoms with van der Waals surface area (Å²) in [4.78, 5) is 24.6. The lowest BCUT2D eigenvalue weighted by Gasteiger charge is -2.14. The topological polar surface area (TPSA) is 154 Å². The van der Waals surface area contributed by atoms with Crippen LogP contribution in [0.15, 0.2) is 107 Å². The molecule has 0 atom stereocenters. The lowest BCUT2D eigenvalue weighted by Crippen LogP contribution is -2.18. The summed E-state index contributed by atoms with van der Waals surface area (Å²) in [5, 5.41) is 17.1. The Balaban J connectivity index is 1.18. The van der Waals surface area contributed by atoms with Crippen molar-refractivity contribution >= 4 is 55.8 Å². The first kappa shape index (κ1) is 33.0. The van der Waals surface area contributed by atoms with Crippen molar-refractivity contribution in [3.8, 4) is 11.6 Å². The molecule has 250 valence electrons. The summed E-state index contributed by atoms with van der Waals surface area (Å²) in [5.41, 5.74) is 2.69. The Kier molecular flexibility index (Phi) is 8.71. The number of hydrogen-bond acceptors (Lipinski definition) is 7. The van der Waals surface area contributed by atoms with E-state index in [0.29, 0.717) is 44.9 Å². The van der Waals surface area contributed by atoms with Crippen LogP contribution in [0.25, 0.3) is 16.6 Å². The fourth-order valence-corrected chi connectivity index (χ4v) is 5.77. The lowest BCUT2D eigenvalue weighted by atomic mass is 10.1. The first-order chi connectivity index (χ1) is 23.3. The van der Waals surface area contributed by atoms with Crippen LogP contribution in [0.1, 0.15) is 27.2 Å². The van der Waals surface area contributed by atoms with Crippen LogP contribution in [0.5, 0.6) is 5.88 Å². The van der Waals surface area contributed by atoms with E-state index in [2.05, 4.69) is 30.3 Å². The number of aliphatic imine (C=N–C) groups is 1. The number of anilines is 3. The number of carbonyl (C=O) groups excluding carboxylic acids is 1. The number of rotatable bonds is 9. The molecule has 5 N–H and O–H groups in total. The molecule has 0 saturated heterocycles. The number of fused-ring (bicyclic) bond motifs is 1. The molecule has 2 aromatic heterocycles. The monoisotopic (exact) mass is 687 g/mol. The number of aromatic nitrogens is 3. The van der Waals surface area contributed by atoms with Crippen molar-refractivity contribution in [2.45, 2.75) is 18.0 Å². The number of nitrogens with zero attached hydrogens (tertiary/aromatic N) is 3. The highest BCUT2D eigenvalue weighted by Gasteiger charge is 2.32. The van der Waals surface area contributed by atoms with Crippen LogP contribution in [0.4, 0.5) is 35.9 Å². The Morgan fingerprint density at radius 1 is 0.980 bits per heavy atom. The molecule has 49 heavy (non-hydrogen) atoms. The number of alkyl halides is 3. The van der Waals surface area contributed by atoms with Gasteiger partial charge in [-0.1, -0.05) is 6.07 Å². The highest BCUT2D eigenvalue weighted by atomic mass is 32.2. The number of nitrogens with one attached hydrogen (secondary N) is 4. The van der Waals surface area contributed by atoms with E-state index in [-0.39, 0.29) is 22.0 Å². The number of halogens is 3. The van der Waals surface area contributed by atoms with Crippen molar-refractivity contribution in [3.63, 3.8) is 0 Å². The normalized spacial score (nSPS) is 12.1. The second-order valence-corrected chi connectivity index (χ2v) is 12.8. The summed E-state index contributed by atoms with van der Waals surface area (Å²) in [7, 11) is -2.25. The van der Waals surface area contributed by atoms with Gasteiger partial charge in [0.2, 0.25) is 10.0 Å². The van der Waals surface area contributed by atoms with Gasteiger partial charge < -0.3 is 25.3 Å². The van der Waals surface area contributed by atoms with Gasteiger partial charge in [0.25, 0.3) is 5.91 Å². The molecule has 0 saturated carbocycles. The third-order valence-corrected chi connectivity index (χ3v) is 8.93. The van der Waals surface area contributed by atoms with E-state index in [0.717, 1.165) is 12.1 Å². The number of H-pyrrole nitrogens is 1. The maximum atomic E-state index is 13.7. The van der Waals surface area contributed by atoms with Crippen molar-refractivity contribution < 1.29 is 31.5 Å². The van der Waals surface area contributed by atoms with E-state index in [9.17, 15) is 31.5 Å². The zero-order valence-corrected chi connectivity index (χ0v) is 26.7. The van der Waals surface area contributed by atoms with Crippen LogP contribution in [0.2, 0.25) is 0 Å². The molecule has 0 aliphatic carbocycles. The minimum Gasteiger partial charge on any atom is -0.494 e. The van der Waals surface area contributed by atoms with E-state index < -0.39 is 27.7 Å². The van der Waals surface area contributed by atoms with Crippen LogP contribution >= 0.6 is 0 Å². The van der Waals surface area contributed by atoms with Crippen molar-refractivity contribution in [3.05, 3.63) is 120 Å². The van der Waals surface area contributed by atoms with Gasteiger partial charge in [0, 0.05) is 46.1 Å². The molecule has 0 spiro atoms. The van der Waals surface area contributed by atoms with Gasteiger partial charge in [0.1, 0.15) is 0 Å². The molecule has 4 aromatic carbocycles. The lowest BCUT2D eigenvalue weighted by molar-refractivity contribution is -0.137. The SMILES string of the molecule is CNS(=O)(=O)c1ccc(N=Cc2c(O)[nH]c3cc(Nc4cccc(NC(=O)c5cc(-n6cnc(C)c6)cc(C(F)(F)F)c5)c4)ccc23)cc1. The highest BCUT2D eigenvalue weighted by Crippen LogP contribution is 2.33. The minimum atomic E-state index is -4.67. The van der Waals surface area contributed by atoms with E-state index >= 15 is 0 Å². The molecule has 6 rings (SSSR count). The van der Waals surface area contributed by atoms with E-state index in [1.165, 1.54) is 42.4 Å². The molecule has 11 nitrogen and oxygen atoms in total. The van der Waals surface area contributed by atoms with Crippen molar-refractivity contribution in [1.29, 1.82) is 0 Å². The molecule has 0 aliphatic rings. The summed E-state index contributed by atoms with van der Waals surface area (Å²) < 4.78 is 68.7. The summed E-state index contributed by atoms with van der Waals surface area (Å²) in [6, 6.07) is 21.1. The minimum absolute atomic E-state index is 0.0998. The van der Waals surface area contributed by atoms with Crippen LogP contribution in [-0.4, -0.2) is 47.2 Å². The number of hydrogen-bond donors (Lipinski definition) is 5. The number of amides is 1. The summed E-state index contributed by atoms with van der Waals surface area (Å²) >= 11 is 0. The predicted molar refractivity (Wildman–Crippen MR) is 181 cm³/mol. The van der Waals surface area contributed by atoms with Gasteiger partial charge in [-0.3, -0.25) is 9.79 Å². The molecule has 6 aromatic rings. The Hall–Kier alpha value is -5.93. The number of sulfonamides is 1. The van der Waals surface area contributed by atoms with E-state index in [1.807, 2.05) is 0 Å². The van der Waals surface area contributed by atoms with Gasteiger partial charge in [-0.2, -0.15) is 13.2 Å². The van der Waals surface area contributed by atoms with Gasteiger partial charge in [-0.15, -0.1) is 0 Å². The number of imidazole rings is 1. The summed E-state index contributed by atoms with van der Waals surface area (Å²) in [5.74, 6) is -0.839. The Bertz CT molecular complexity index is 2330. The van der Waals surface area contributed by atoms with Crippen molar-refractivity contribution in [1.82, 2.24) is 19.3 Å². The van der Waals surface area contributed by atoms with Gasteiger partial charge >= 0.3 is 6.18 Å². The molecule has 2 heterocycles. The predicted octanol–water partition coefficient (Wildman–Crippen LogP) is 7.04. The Morgan fingerprint density at radius 3 is 2.41 bits per heavy atom. The molecular formula is C34H28F3N7O4S. The maximum Gasteiger partial charge on any atom is 0.416 e. The van der Waals surface area contributed by atoms with Crippen LogP contribution in [0.3, 0.4) is 0 Å². The fourth-order valence-electron chi connectivity index (χ4n) is 5.04. The number of aromatic hydroxyl groups is 1. The molecule has 1 amide bonds. The largest absolute Gasteiger partial charge is 0.494 e. The van der Waals surface area contributed by atoms with Crippen molar-refractivity contribution in [2.24, 2.45) is 4.99 Å². The van der Waals surface area contributed by atoms with Gasteiger partial charge in [0.15, 0.2) is 5.88 Å². The molecule has 0 unspecified atom stereocenters. The average Bonchev–Trinajstić information content (AvgIpc) is 3.65. The number of benzene rings is 4. The second kappa shape index (κ2) is 12.9. The highest BCUT2D eigenvalue weighted by molar-refractivity contribution is 7.89. The molecular weight excluding hydrogens is 659 g/mol. The quantitative estimate of drug-likeness (QED) is 0.103. The zero-order valence-electron chi connectivity index (χ0n) is 25.9. The summed E-state index contributed by atoms with van der Waals surface area (Å²) in [6.07, 6.45) is -0.250. The molecule has 0 radical (unpaired) electrons. The third kappa shape index (κ3) is 7.32. The number of carbonyl (C=O) groups is 1. The molecule has 0 bridgehead atoms. The molecule has 0 aliphatic heterocycles. The Labute approximate surface area is 278 Å². The van der Waals surface area contributed by atoms with E-state index in [4.69, 9.17) is 0 Å². The van der Waals surface area contributed by atoms with E-state index in [1.54, 1.807) is 67.7 Å². The summed E-state index contributed by atoms with van der Waals surface area (Å²) in [6.45, 7) is 1.71. The van der Waals surface area contributed by atoms with Gasteiger partial charge in [0.05, 0.1) is 39.2 Å². The van der Waals surface area contributed by atoms with Crippen molar-refractivity contribution in [2.75, 3.05) is 17.7 Å². The van der Waals surface area contributed by atoms with Crippen LogP contribution < -0.4 is 15.4 Å². The molecule has 15 heteroatoms. The third-order valence-electron chi connectivity index (χ3n) is 7.50. The first-order valence-corrected chi connectivity index (χ1v) is 16.1. The number of aromatic amines is 1. The fraction of sp³-hybridized carbons (Fsp3) is 0.0882. The first-order valence-electron chi connectivity index (χ1n) is 14.6. The van der Waals surface area contributed by atoms with Gasteiger partial charge in [-0.25, -0.2) is 18.1 Å². The zero-order chi connectivity index (χ0) is 34.9. The smallest absolute Gasteiger partial charge is 0.416 e. The number of aryl methyl sites for hydroxylation is 1. The van der Waals surface area contributed by atoms with Crippen LogP contribution in [-0.2, 0) is 16.2 Å². The Morgan fingerprint density at radius 2 is 1.71 bits per heavy atom. The van der Waals surface area contributed by atoms with Crippen LogP contribution in [0, 0.1) is 6.92 Å². The second-order valence-electron chi connectivity index (χ2n) is 11.0. The van der Waals surface area contributed by atoms with Gasteiger partial charge in [-0.05, 0) is 92.8 Å². The maximum absolute atomic E-state index is 13.7. The standard InChI is InChI=1S/C34H28F3N7O4S/c1-20-18-44(19-40-20)27-13-21(12-22(14-27)34(35,36)37)32(45)42-25-5-3-4-24(15-25)41-26-8-11-29-30(33(46)43-31(29)16-26)17-39-23-6-9-28(10-7-23)49(47,48)38-2/h3-19,38,41,43,46H,1-2H3,(H,42,45).